The van der Waals surface area contributed by atoms with E-state index < -0.39 is 5.54 Å². The highest BCUT2D eigenvalue weighted by atomic mass is 19.1. The zero-order valence-corrected chi connectivity index (χ0v) is 14.1. The van der Waals surface area contributed by atoms with E-state index in [0.717, 1.165) is 6.42 Å². The summed E-state index contributed by atoms with van der Waals surface area (Å²) in [6.45, 7) is 6.85. The molecule has 0 aromatic heterocycles. The third-order valence-corrected chi connectivity index (χ3v) is 4.45. The molecule has 0 radical (unpaired) electrons. The Balaban J connectivity index is 2.09. The van der Waals surface area contributed by atoms with E-state index >= 15 is 0 Å². The fourth-order valence-electron chi connectivity index (χ4n) is 2.88. The predicted molar refractivity (Wildman–Crippen MR) is 87.1 cm³/mol. The number of halogens is 1. The molecule has 0 bridgehead atoms. The van der Waals surface area contributed by atoms with Crippen molar-refractivity contribution < 1.29 is 14.0 Å². The van der Waals surface area contributed by atoms with Crippen LogP contribution in [0, 0.1) is 11.7 Å². The maximum Gasteiger partial charge on any atom is 0.245 e. The van der Waals surface area contributed by atoms with Crippen LogP contribution in [0.25, 0.3) is 0 Å². The number of likely N-dealkylation sites (tertiary alicyclic amines) is 1. The maximum atomic E-state index is 13.3. The third kappa shape index (κ3) is 4.09. The molecule has 1 heterocycles. The molecule has 1 aromatic carbocycles. The highest BCUT2D eigenvalue weighted by Crippen LogP contribution is 2.32. The standard InChI is InChI=1S/C18H25FN2O2/c1-13(2)8-10-20-17(23)18(3)9-7-16(22)21(18)12-14-5-4-6-15(19)11-14/h4-6,11,13H,7-10,12H2,1-3H3,(H,20,23)/t18-/m1/s1. The van der Waals surface area contributed by atoms with Gasteiger partial charge in [0.15, 0.2) is 0 Å². The molecule has 4 nitrogen and oxygen atoms in total. The molecule has 1 N–H and O–H groups in total. The Kier molecular flexibility index (Phi) is 5.39. The summed E-state index contributed by atoms with van der Waals surface area (Å²) in [6.07, 6.45) is 1.75. The summed E-state index contributed by atoms with van der Waals surface area (Å²) in [5.74, 6) is -0.00915. The van der Waals surface area contributed by atoms with E-state index in [9.17, 15) is 14.0 Å². The van der Waals surface area contributed by atoms with Gasteiger partial charge < -0.3 is 10.2 Å². The summed E-state index contributed by atoms with van der Waals surface area (Å²) in [5, 5.41) is 2.94. The molecule has 1 saturated heterocycles. The molecular weight excluding hydrogens is 295 g/mol. The SMILES string of the molecule is CC(C)CCNC(=O)[C@@]1(C)CCC(=O)N1Cc1cccc(F)c1. The number of hydrogen-bond donors (Lipinski definition) is 1. The molecule has 0 aliphatic carbocycles. The van der Waals surface area contributed by atoms with Crippen molar-refractivity contribution in [2.45, 2.75) is 52.1 Å². The Bertz CT molecular complexity index is 588. The van der Waals surface area contributed by atoms with Gasteiger partial charge in [-0.2, -0.15) is 0 Å². The molecule has 1 atom stereocenters. The molecule has 5 heteroatoms. The summed E-state index contributed by atoms with van der Waals surface area (Å²) < 4.78 is 13.3. The van der Waals surface area contributed by atoms with Crippen molar-refractivity contribution in [3.05, 3.63) is 35.6 Å². The molecule has 0 unspecified atom stereocenters. The van der Waals surface area contributed by atoms with Crippen LogP contribution in [0.3, 0.4) is 0 Å². The minimum absolute atomic E-state index is 0.0595. The first-order chi connectivity index (χ1) is 10.8. The fraction of sp³-hybridized carbons (Fsp3) is 0.556. The van der Waals surface area contributed by atoms with Gasteiger partial charge in [0.1, 0.15) is 11.4 Å². The van der Waals surface area contributed by atoms with Crippen LogP contribution in [-0.2, 0) is 16.1 Å². The topological polar surface area (TPSA) is 49.4 Å². The Morgan fingerprint density at radius 2 is 2.17 bits per heavy atom. The summed E-state index contributed by atoms with van der Waals surface area (Å²) in [4.78, 5) is 26.4. The molecule has 126 valence electrons. The van der Waals surface area contributed by atoms with Gasteiger partial charge in [-0.3, -0.25) is 9.59 Å². The van der Waals surface area contributed by atoms with Gasteiger partial charge >= 0.3 is 0 Å². The lowest BCUT2D eigenvalue weighted by Gasteiger charge is -2.34. The number of amides is 2. The second-order valence-corrected chi connectivity index (χ2v) is 6.82. The molecule has 0 spiro atoms. The van der Waals surface area contributed by atoms with E-state index in [1.54, 1.807) is 24.0 Å². The average molecular weight is 320 g/mol. The summed E-state index contributed by atoms with van der Waals surface area (Å²) in [6, 6.07) is 6.16. The minimum atomic E-state index is -0.861. The van der Waals surface area contributed by atoms with Crippen LogP contribution >= 0.6 is 0 Å². The van der Waals surface area contributed by atoms with Crippen LogP contribution in [0.2, 0.25) is 0 Å². The molecule has 2 amide bonds. The van der Waals surface area contributed by atoms with E-state index in [2.05, 4.69) is 19.2 Å². The van der Waals surface area contributed by atoms with Gasteiger partial charge in [0.25, 0.3) is 0 Å². The molecule has 1 aliphatic heterocycles. The number of nitrogens with one attached hydrogen (secondary N) is 1. The first-order valence-electron chi connectivity index (χ1n) is 8.16. The maximum absolute atomic E-state index is 13.3. The quantitative estimate of drug-likeness (QED) is 0.876. The zero-order chi connectivity index (χ0) is 17.0. The monoisotopic (exact) mass is 320 g/mol. The third-order valence-electron chi connectivity index (χ3n) is 4.45. The van der Waals surface area contributed by atoms with Gasteiger partial charge in [-0.15, -0.1) is 0 Å². The second kappa shape index (κ2) is 7.11. The van der Waals surface area contributed by atoms with Gasteiger partial charge in [0.2, 0.25) is 11.8 Å². The molecule has 23 heavy (non-hydrogen) atoms. The number of benzene rings is 1. The number of hydrogen-bond acceptors (Lipinski definition) is 2. The number of carbonyl (C=O) groups is 2. The molecule has 1 aliphatic rings. The number of rotatable bonds is 6. The van der Waals surface area contributed by atoms with E-state index in [-0.39, 0.29) is 24.2 Å². The first kappa shape index (κ1) is 17.4. The Morgan fingerprint density at radius 1 is 1.43 bits per heavy atom. The summed E-state index contributed by atoms with van der Waals surface area (Å²) >= 11 is 0. The fourth-order valence-corrected chi connectivity index (χ4v) is 2.88. The van der Waals surface area contributed by atoms with Crippen LogP contribution in [0.4, 0.5) is 4.39 Å². The molecule has 1 aromatic rings. The van der Waals surface area contributed by atoms with Gasteiger partial charge in [0.05, 0.1) is 0 Å². The summed E-state index contributed by atoms with van der Waals surface area (Å²) in [5.41, 5.74) is -0.165. The van der Waals surface area contributed by atoms with Crippen molar-refractivity contribution in [3.8, 4) is 0 Å². The highest BCUT2D eigenvalue weighted by molar-refractivity contribution is 5.94. The van der Waals surface area contributed by atoms with Crippen molar-refractivity contribution in [1.29, 1.82) is 0 Å². The van der Waals surface area contributed by atoms with Crippen molar-refractivity contribution in [1.82, 2.24) is 10.2 Å². The second-order valence-electron chi connectivity index (χ2n) is 6.82. The first-order valence-corrected chi connectivity index (χ1v) is 8.16. The van der Waals surface area contributed by atoms with Crippen LogP contribution in [-0.4, -0.2) is 28.8 Å². The van der Waals surface area contributed by atoms with Crippen molar-refractivity contribution in [2.24, 2.45) is 5.92 Å². The Hall–Kier alpha value is -1.91. The average Bonchev–Trinajstić information content (AvgIpc) is 2.76. The van der Waals surface area contributed by atoms with Crippen molar-refractivity contribution >= 4 is 11.8 Å². The number of carbonyl (C=O) groups excluding carboxylic acids is 2. The lowest BCUT2D eigenvalue weighted by Crippen LogP contribution is -2.54. The Labute approximate surface area is 137 Å². The minimum Gasteiger partial charge on any atom is -0.354 e. The van der Waals surface area contributed by atoms with Gasteiger partial charge in [0, 0.05) is 19.5 Å². The molecule has 1 fully saturated rings. The lowest BCUT2D eigenvalue weighted by atomic mass is 9.96. The smallest absolute Gasteiger partial charge is 0.245 e. The van der Waals surface area contributed by atoms with Crippen LogP contribution < -0.4 is 5.32 Å². The highest BCUT2D eigenvalue weighted by Gasteiger charge is 2.46. The summed E-state index contributed by atoms with van der Waals surface area (Å²) in [7, 11) is 0. The van der Waals surface area contributed by atoms with E-state index in [0.29, 0.717) is 30.9 Å². The molecular formula is C18H25FN2O2. The lowest BCUT2D eigenvalue weighted by molar-refractivity contribution is -0.141. The van der Waals surface area contributed by atoms with E-state index in [4.69, 9.17) is 0 Å². The van der Waals surface area contributed by atoms with Crippen LogP contribution in [0.1, 0.15) is 45.6 Å². The van der Waals surface area contributed by atoms with Crippen molar-refractivity contribution in [3.63, 3.8) is 0 Å². The molecule has 2 rings (SSSR count). The van der Waals surface area contributed by atoms with E-state index in [1.807, 2.05) is 0 Å². The van der Waals surface area contributed by atoms with Gasteiger partial charge in [-0.05, 0) is 43.4 Å². The predicted octanol–water partition coefficient (Wildman–Crippen LogP) is 2.87. The largest absolute Gasteiger partial charge is 0.354 e. The van der Waals surface area contributed by atoms with E-state index in [1.165, 1.54) is 12.1 Å². The zero-order valence-electron chi connectivity index (χ0n) is 14.1. The van der Waals surface area contributed by atoms with Gasteiger partial charge in [-0.1, -0.05) is 26.0 Å². The van der Waals surface area contributed by atoms with Crippen LogP contribution in [0.5, 0.6) is 0 Å². The number of nitrogens with zero attached hydrogens (tertiary/aromatic N) is 1. The van der Waals surface area contributed by atoms with Crippen molar-refractivity contribution in [2.75, 3.05) is 6.54 Å². The normalized spacial score (nSPS) is 21.1. The Morgan fingerprint density at radius 3 is 2.83 bits per heavy atom. The molecule has 0 saturated carbocycles. The van der Waals surface area contributed by atoms with Gasteiger partial charge in [-0.25, -0.2) is 4.39 Å². The van der Waals surface area contributed by atoms with Crippen LogP contribution in [0.15, 0.2) is 24.3 Å².